The minimum Gasteiger partial charge on any atom is -0.493 e. The molecule has 1 aliphatic rings. The minimum absolute atomic E-state index is 0.00435. The van der Waals surface area contributed by atoms with Crippen LogP contribution >= 0.6 is 11.8 Å². The molecular formula is C20H20N4O5S. The fourth-order valence-corrected chi connectivity index (χ4v) is 4.11. The first-order valence-electron chi connectivity index (χ1n) is 9.23. The van der Waals surface area contributed by atoms with E-state index in [1.165, 1.54) is 11.6 Å². The molecule has 1 atom stereocenters. The highest BCUT2D eigenvalue weighted by molar-refractivity contribution is 7.99. The number of fused-ring (bicyclic) bond motifs is 2. The molecule has 4 rings (SSSR count). The third kappa shape index (κ3) is 3.82. The van der Waals surface area contributed by atoms with E-state index in [9.17, 15) is 9.59 Å². The smallest absolute Gasteiger partial charge is 0.316 e. The molecule has 2 aromatic heterocycles. The van der Waals surface area contributed by atoms with Crippen molar-refractivity contribution in [2.75, 3.05) is 27.1 Å². The summed E-state index contributed by atoms with van der Waals surface area (Å²) in [7, 11) is 4.50. The normalized spacial score (nSPS) is 15.7. The van der Waals surface area contributed by atoms with Crippen molar-refractivity contribution in [3.8, 4) is 11.5 Å². The molecule has 0 N–H and O–H groups in total. The number of nitrogens with zero attached hydrogens (tertiary/aromatic N) is 4. The van der Waals surface area contributed by atoms with Crippen molar-refractivity contribution in [3.05, 3.63) is 41.2 Å². The Balaban J connectivity index is 1.62. The summed E-state index contributed by atoms with van der Waals surface area (Å²) in [4.78, 5) is 33.1. The van der Waals surface area contributed by atoms with Crippen LogP contribution in [0.25, 0.3) is 5.78 Å². The van der Waals surface area contributed by atoms with E-state index in [1.54, 1.807) is 20.4 Å². The summed E-state index contributed by atoms with van der Waals surface area (Å²) >= 11 is 1.16. The molecule has 3 aromatic rings. The van der Waals surface area contributed by atoms with Crippen molar-refractivity contribution in [1.29, 1.82) is 0 Å². The van der Waals surface area contributed by atoms with Crippen molar-refractivity contribution in [2.45, 2.75) is 23.9 Å². The van der Waals surface area contributed by atoms with Gasteiger partial charge in [0.25, 0.3) is 5.78 Å². The molecule has 30 heavy (non-hydrogen) atoms. The van der Waals surface area contributed by atoms with Gasteiger partial charge in [-0.05, 0) is 30.0 Å². The summed E-state index contributed by atoms with van der Waals surface area (Å²) in [5.41, 5.74) is 2.23. The fraction of sp³-hybridized carbons (Fsp3) is 0.350. The Morgan fingerprint density at radius 3 is 2.70 bits per heavy atom. The van der Waals surface area contributed by atoms with Gasteiger partial charge >= 0.3 is 5.97 Å². The van der Waals surface area contributed by atoms with Crippen molar-refractivity contribution < 1.29 is 23.8 Å². The Hall–Kier alpha value is -3.14. The van der Waals surface area contributed by atoms with Gasteiger partial charge in [0.1, 0.15) is 0 Å². The third-order valence-corrected chi connectivity index (χ3v) is 5.80. The molecule has 0 radical (unpaired) electrons. The average molecular weight is 428 g/mol. The van der Waals surface area contributed by atoms with Gasteiger partial charge in [0.2, 0.25) is 5.16 Å². The number of Topliss-reactive ketones (excluding diaryl/α,β-unsaturated/α-hetero) is 1. The van der Waals surface area contributed by atoms with Gasteiger partial charge in [-0.25, -0.2) is 9.50 Å². The quantitative estimate of drug-likeness (QED) is 0.432. The number of ketones is 1. The summed E-state index contributed by atoms with van der Waals surface area (Å²) in [5, 5.41) is 4.70. The van der Waals surface area contributed by atoms with E-state index >= 15 is 0 Å². The lowest BCUT2D eigenvalue weighted by Crippen LogP contribution is -2.21. The van der Waals surface area contributed by atoms with Gasteiger partial charge < -0.3 is 14.2 Å². The number of carbonyl (C=O) groups is 2. The second kappa shape index (κ2) is 8.31. The first-order valence-corrected chi connectivity index (χ1v) is 10.2. The number of esters is 1. The van der Waals surface area contributed by atoms with Gasteiger partial charge in [-0.3, -0.25) is 9.59 Å². The Labute approximate surface area is 176 Å². The summed E-state index contributed by atoms with van der Waals surface area (Å²) in [5.74, 6) is 1.39. The molecule has 0 amide bonds. The first-order chi connectivity index (χ1) is 14.5. The summed E-state index contributed by atoms with van der Waals surface area (Å²) in [6.07, 6.45) is 2.64. The van der Waals surface area contributed by atoms with Gasteiger partial charge in [0.15, 0.2) is 17.3 Å². The summed E-state index contributed by atoms with van der Waals surface area (Å²) in [6, 6.07) is 5.69. The van der Waals surface area contributed by atoms with Crippen molar-refractivity contribution >= 4 is 29.3 Å². The number of ether oxygens (including phenoxy) is 3. The molecule has 0 saturated carbocycles. The van der Waals surface area contributed by atoms with Crippen LogP contribution < -0.4 is 9.47 Å². The lowest BCUT2D eigenvalue weighted by atomic mass is 9.82. The number of benzene rings is 1. The highest BCUT2D eigenvalue weighted by Crippen LogP contribution is 2.36. The number of methoxy groups -OCH3 is 3. The van der Waals surface area contributed by atoms with Crippen LogP contribution in [0.2, 0.25) is 0 Å². The third-order valence-electron chi connectivity index (χ3n) is 4.99. The van der Waals surface area contributed by atoms with Crippen molar-refractivity contribution in [3.63, 3.8) is 0 Å². The highest BCUT2D eigenvalue weighted by Gasteiger charge is 2.29. The lowest BCUT2D eigenvalue weighted by molar-refractivity contribution is -0.137. The first kappa shape index (κ1) is 20.1. The maximum atomic E-state index is 12.8. The van der Waals surface area contributed by atoms with Crippen LogP contribution in [0.3, 0.4) is 0 Å². The molecule has 0 aliphatic heterocycles. The zero-order valence-corrected chi connectivity index (χ0v) is 17.6. The molecule has 0 spiro atoms. The number of thioether (sulfide) groups is 1. The molecule has 156 valence electrons. The second-order valence-electron chi connectivity index (χ2n) is 6.75. The minimum atomic E-state index is -0.362. The molecule has 1 aliphatic carbocycles. The SMILES string of the molecule is COC(=O)CSc1nc2nc3c(cn2n1)C(=O)CC(c1ccc(OC)c(OC)c1)C3. The predicted octanol–water partition coefficient (Wildman–Crippen LogP) is 2.32. The Kier molecular flexibility index (Phi) is 5.58. The lowest BCUT2D eigenvalue weighted by Gasteiger charge is -2.23. The van der Waals surface area contributed by atoms with E-state index in [4.69, 9.17) is 9.47 Å². The van der Waals surface area contributed by atoms with E-state index in [1.807, 2.05) is 18.2 Å². The molecule has 1 unspecified atom stereocenters. The summed E-state index contributed by atoms with van der Waals surface area (Å²) in [6.45, 7) is 0. The van der Waals surface area contributed by atoms with Gasteiger partial charge in [-0.15, -0.1) is 5.10 Å². The highest BCUT2D eigenvalue weighted by atomic mass is 32.2. The monoisotopic (exact) mass is 428 g/mol. The zero-order chi connectivity index (χ0) is 21.3. The van der Waals surface area contributed by atoms with Crippen LogP contribution in [0.5, 0.6) is 11.5 Å². The van der Waals surface area contributed by atoms with Crippen LogP contribution in [0.1, 0.15) is 34.0 Å². The molecule has 0 fully saturated rings. The Morgan fingerprint density at radius 1 is 1.17 bits per heavy atom. The van der Waals surface area contributed by atoms with Crippen molar-refractivity contribution in [1.82, 2.24) is 19.6 Å². The van der Waals surface area contributed by atoms with E-state index in [0.717, 1.165) is 17.3 Å². The Morgan fingerprint density at radius 2 is 1.97 bits per heavy atom. The number of hydrogen-bond acceptors (Lipinski definition) is 9. The molecule has 0 bridgehead atoms. The number of carbonyl (C=O) groups excluding carboxylic acids is 2. The van der Waals surface area contributed by atoms with E-state index in [2.05, 4.69) is 19.8 Å². The second-order valence-corrected chi connectivity index (χ2v) is 7.69. The molecule has 1 aromatic carbocycles. The van der Waals surface area contributed by atoms with E-state index < -0.39 is 0 Å². The largest absolute Gasteiger partial charge is 0.493 e. The molecular weight excluding hydrogens is 408 g/mol. The van der Waals surface area contributed by atoms with Gasteiger partial charge in [-0.1, -0.05) is 17.8 Å². The number of rotatable bonds is 6. The predicted molar refractivity (Wildman–Crippen MR) is 108 cm³/mol. The zero-order valence-electron chi connectivity index (χ0n) is 16.7. The van der Waals surface area contributed by atoms with Gasteiger partial charge in [-0.2, -0.15) is 4.98 Å². The van der Waals surface area contributed by atoms with E-state index in [0.29, 0.717) is 46.5 Å². The van der Waals surface area contributed by atoms with E-state index in [-0.39, 0.29) is 23.4 Å². The molecule has 10 heteroatoms. The molecule has 9 nitrogen and oxygen atoms in total. The fourth-order valence-electron chi connectivity index (χ4n) is 3.45. The standard InChI is InChI=1S/C20H20N4O5S/c1-27-16-5-4-11(8-17(16)28-2)12-6-14-13(15(25)7-12)9-24-19(21-14)22-20(23-24)30-10-18(26)29-3/h4-5,8-9,12H,6-7,10H2,1-3H3. The maximum Gasteiger partial charge on any atom is 0.316 e. The van der Waals surface area contributed by atoms with Crippen LogP contribution in [-0.4, -0.2) is 58.4 Å². The maximum absolute atomic E-state index is 12.8. The number of hydrogen-bond donors (Lipinski definition) is 0. The van der Waals surface area contributed by atoms with Gasteiger partial charge in [0, 0.05) is 12.6 Å². The van der Waals surface area contributed by atoms with Crippen LogP contribution in [0, 0.1) is 0 Å². The topological polar surface area (TPSA) is 105 Å². The van der Waals surface area contributed by atoms with Crippen LogP contribution in [0.4, 0.5) is 0 Å². The van der Waals surface area contributed by atoms with Crippen molar-refractivity contribution in [2.24, 2.45) is 0 Å². The van der Waals surface area contributed by atoms with Gasteiger partial charge in [0.05, 0.1) is 38.3 Å². The van der Waals surface area contributed by atoms with Crippen LogP contribution in [-0.2, 0) is 16.0 Å². The molecule has 2 heterocycles. The average Bonchev–Trinajstić information content (AvgIpc) is 3.17. The summed E-state index contributed by atoms with van der Waals surface area (Å²) < 4.78 is 16.8. The molecule has 0 saturated heterocycles. The number of aromatic nitrogens is 4. The Bertz CT molecular complexity index is 1130. The van der Waals surface area contributed by atoms with Crippen LogP contribution in [0.15, 0.2) is 29.6 Å².